The van der Waals surface area contributed by atoms with Crippen molar-refractivity contribution in [1.82, 2.24) is 15.1 Å². The second kappa shape index (κ2) is 8.97. The van der Waals surface area contributed by atoms with Crippen molar-refractivity contribution in [2.45, 2.75) is 38.6 Å². The van der Waals surface area contributed by atoms with Crippen LogP contribution in [0.4, 0.5) is 5.69 Å². The average molecular weight is 386 g/mol. The van der Waals surface area contributed by atoms with Crippen LogP contribution in [0.15, 0.2) is 18.2 Å². The SMILES string of the molecule is Cc1c(NCCN2CCCC2)cccc1C(=O)N(C=O)C1CCC(=O)NC1=O. The summed E-state index contributed by atoms with van der Waals surface area (Å²) in [7, 11) is 0. The molecule has 1 unspecified atom stereocenters. The normalized spacial score (nSPS) is 20.0. The molecular weight excluding hydrogens is 360 g/mol. The van der Waals surface area contributed by atoms with E-state index < -0.39 is 17.9 Å². The van der Waals surface area contributed by atoms with E-state index in [1.807, 2.05) is 13.0 Å². The molecule has 1 aromatic rings. The van der Waals surface area contributed by atoms with Gasteiger partial charge in [0.25, 0.3) is 5.91 Å². The number of carbonyl (C=O) groups is 4. The molecule has 150 valence electrons. The van der Waals surface area contributed by atoms with Crippen LogP contribution < -0.4 is 10.6 Å². The fraction of sp³-hybridized carbons (Fsp3) is 0.500. The van der Waals surface area contributed by atoms with Crippen molar-refractivity contribution in [3.63, 3.8) is 0 Å². The van der Waals surface area contributed by atoms with E-state index >= 15 is 0 Å². The molecule has 0 radical (unpaired) electrons. The van der Waals surface area contributed by atoms with E-state index in [2.05, 4.69) is 15.5 Å². The molecule has 0 aliphatic carbocycles. The van der Waals surface area contributed by atoms with Gasteiger partial charge in [0.2, 0.25) is 18.2 Å². The number of imide groups is 2. The molecule has 8 heteroatoms. The van der Waals surface area contributed by atoms with Crippen LogP contribution in [0.1, 0.15) is 41.6 Å². The van der Waals surface area contributed by atoms with E-state index in [9.17, 15) is 19.2 Å². The zero-order chi connectivity index (χ0) is 20.1. The smallest absolute Gasteiger partial charge is 0.261 e. The van der Waals surface area contributed by atoms with Crippen molar-refractivity contribution in [3.05, 3.63) is 29.3 Å². The Morgan fingerprint density at radius 2 is 2.07 bits per heavy atom. The molecule has 1 aromatic carbocycles. The van der Waals surface area contributed by atoms with Crippen LogP contribution in [0.2, 0.25) is 0 Å². The maximum absolute atomic E-state index is 13.0. The van der Waals surface area contributed by atoms with Gasteiger partial charge in [0, 0.05) is 30.8 Å². The van der Waals surface area contributed by atoms with Gasteiger partial charge >= 0.3 is 0 Å². The fourth-order valence-electron chi connectivity index (χ4n) is 3.76. The molecule has 2 heterocycles. The average Bonchev–Trinajstić information content (AvgIpc) is 3.18. The van der Waals surface area contributed by atoms with Gasteiger partial charge in [-0.05, 0) is 57.0 Å². The third kappa shape index (κ3) is 4.39. The predicted molar refractivity (Wildman–Crippen MR) is 104 cm³/mol. The topological polar surface area (TPSA) is 98.8 Å². The number of nitrogens with one attached hydrogen (secondary N) is 2. The van der Waals surface area contributed by atoms with E-state index in [0.717, 1.165) is 42.3 Å². The molecule has 0 bridgehead atoms. The molecule has 2 N–H and O–H groups in total. The molecule has 1 atom stereocenters. The number of likely N-dealkylation sites (tertiary alicyclic amines) is 1. The highest BCUT2D eigenvalue weighted by atomic mass is 16.2. The summed E-state index contributed by atoms with van der Waals surface area (Å²) in [5.41, 5.74) is 1.93. The highest BCUT2D eigenvalue weighted by molar-refractivity contribution is 6.08. The number of amides is 4. The van der Waals surface area contributed by atoms with Crippen LogP contribution in [0.5, 0.6) is 0 Å². The lowest BCUT2D eigenvalue weighted by Gasteiger charge is -2.29. The van der Waals surface area contributed by atoms with Crippen LogP contribution in [0, 0.1) is 6.92 Å². The summed E-state index contributed by atoms with van der Waals surface area (Å²) in [6.07, 6.45) is 3.10. The summed E-state index contributed by atoms with van der Waals surface area (Å²) < 4.78 is 0. The van der Waals surface area contributed by atoms with Crippen LogP contribution in [-0.2, 0) is 14.4 Å². The standard InChI is InChI=1S/C20H26N4O4/c1-14-15(5-4-6-16(14)21-9-12-23-10-2-3-11-23)20(28)24(13-25)17-7-8-18(26)22-19(17)27/h4-6,13,17,21H,2-3,7-12H2,1H3,(H,22,26,27). The molecule has 8 nitrogen and oxygen atoms in total. The second-order valence-electron chi connectivity index (χ2n) is 7.24. The molecule has 4 amide bonds. The summed E-state index contributed by atoms with van der Waals surface area (Å²) in [6, 6.07) is 4.33. The van der Waals surface area contributed by atoms with Crippen molar-refractivity contribution >= 4 is 29.8 Å². The number of hydrogen-bond acceptors (Lipinski definition) is 6. The van der Waals surface area contributed by atoms with Gasteiger partial charge in [-0.1, -0.05) is 6.07 Å². The minimum absolute atomic E-state index is 0.102. The largest absolute Gasteiger partial charge is 0.384 e. The monoisotopic (exact) mass is 386 g/mol. The minimum atomic E-state index is -0.964. The Hall–Kier alpha value is -2.74. The summed E-state index contributed by atoms with van der Waals surface area (Å²) in [5.74, 6) is -1.54. The highest BCUT2D eigenvalue weighted by Crippen LogP contribution is 2.22. The maximum atomic E-state index is 13.0. The highest BCUT2D eigenvalue weighted by Gasteiger charge is 2.35. The van der Waals surface area contributed by atoms with Crippen molar-refractivity contribution < 1.29 is 19.2 Å². The van der Waals surface area contributed by atoms with Gasteiger partial charge in [0.05, 0.1) is 0 Å². The molecule has 2 saturated heterocycles. The van der Waals surface area contributed by atoms with E-state index in [1.54, 1.807) is 12.1 Å². The molecular formula is C20H26N4O4. The Balaban J connectivity index is 1.70. The lowest BCUT2D eigenvalue weighted by atomic mass is 10.0. The lowest BCUT2D eigenvalue weighted by molar-refractivity contribution is -0.139. The quantitative estimate of drug-likeness (QED) is 0.534. The van der Waals surface area contributed by atoms with E-state index in [1.165, 1.54) is 12.8 Å². The molecule has 0 spiro atoms. The van der Waals surface area contributed by atoms with Gasteiger partial charge in [-0.25, -0.2) is 0 Å². The number of rotatable bonds is 7. The second-order valence-corrected chi connectivity index (χ2v) is 7.24. The number of nitrogens with zero attached hydrogens (tertiary/aromatic N) is 2. The maximum Gasteiger partial charge on any atom is 0.261 e. The van der Waals surface area contributed by atoms with Gasteiger partial charge in [-0.3, -0.25) is 29.4 Å². The summed E-state index contributed by atoms with van der Waals surface area (Å²) >= 11 is 0. The van der Waals surface area contributed by atoms with Crippen molar-refractivity contribution in [2.75, 3.05) is 31.5 Å². The first-order valence-electron chi connectivity index (χ1n) is 9.68. The first-order chi connectivity index (χ1) is 13.5. The third-order valence-electron chi connectivity index (χ3n) is 5.40. The summed E-state index contributed by atoms with van der Waals surface area (Å²) in [6.45, 7) is 5.77. The summed E-state index contributed by atoms with van der Waals surface area (Å²) in [5, 5.41) is 5.54. The van der Waals surface area contributed by atoms with Crippen molar-refractivity contribution in [3.8, 4) is 0 Å². The zero-order valence-corrected chi connectivity index (χ0v) is 16.1. The molecule has 2 fully saturated rings. The fourth-order valence-corrected chi connectivity index (χ4v) is 3.76. The summed E-state index contributed by atoms with van der Waals surface area (Å²) in [4.78, 5) is 51.2. The number of anilines is 1. The van der Waals surface area contributed by atoms with Crippen molar-refractivity contribution in [2.24, 2.45) is 0 Å². The zero-order valence-electron chi connectivity index (χ0n) is 16.1. The van der Waals surface area contributed by atoms with Crippen molar-refractivity contribution in [1.29, 1.82) is 0 Å². The van der Waals surface area contributed by atoms with Crippen LogP contribution in [-0.4, -0.2) is 66.2 Å². The van der Waals surface area contributed by atoms with Gasteiger partial charge in [-0.2, -0.15) is 0 Å². The molecule has 3 rings (SSSR count). The van der Waals surface area contributed by atoms with Crippen LogP contribution in [0.25, 0.3) is 0 Å². The minimum Gasteiger partial charge on any atom is -0.384 e. The number of piperidine rings is 1. The van der Waals surface area contributed by atoms with Gasteiger partial charge in [0.1, 0.15) is 6.04 Å². The van der Waals surface area contributed by atoms with E-state index in [0.29, 0.717) is 12.0 Å². The van der Waals surface area contributed by atoms with Crippen LogP contribution >= 0.6 is 0 Å². The predicted octanol–water partition coefficient (Wildman–Crippen LogP) is 0.907. The van der Waals surface area contributed by atoms with E-state index in [4.69, 9.17) is 0 Å². The Morgan fingerprint density at radius 3 is 2.75 bits per heavy atom. The molecule has 28 heavy (non-hydrogen) atoms. The lowest BCUT2D eigenvalue weighted by Crippen LogP contribution is -2.53. The Labute approximate surface area is 164 Å². The van der Waals surface area contributed by atoms with Gasteiger partial charge in [0.15, 0.2) is 0 Å². The molecule has 2 aliphatic rings. The first kappa shape index (κ1) is 20.0. The number of carbonyl (C=O) groups excluding carboxylic acids is 4. The Morgan fingerprint density at radius 1 is 1.32 bits per heavy atom. The van der Waals surface area contributed by atoms with Gasteiger partial charge < -0.3 is 10.2 Å². The third-order valence-corrected chi connectivity index (χ3v) is 5.40. The van der Waals surface area contributed by atoms with Crippen LogP contribution in [0.3, 0.4) is 0 Å². The van der Waals surface area contributed by atoms with Gasteiger partial charge in [-0.15, -0.1) is 0 Å². The number of hydrogen-bond donors (Lipinski definition) is 2. The number of benzene rings is 1. The molecule has 0 aromatic heterocycles. The first-order valence-corrected chi connectivity index (χ1v) is 9.68. The Kier molecular flexibility index (Phi) is 6.41. The Bertz CT molecular complexity index is 773. The molecule has 0 saturated carbocycles. The van der Waals surface area contributed by atoms with E-state index in [-0.39, 0.29) is 18.7 Å². The molecule has 2 aliphatic heterocycles.